The smallest absolute Gasteiger partial charge is 0.418 e. The van der Waals surface area contributed by atoms with Crippen LogP contribution in [0.2, 0.25) is 0 Å². The number of urea groups is 1. The summed E-state index contributed by atoms with van der Waals surface area (Å²) < 4.78 is 46.5. The predicted octanol–water partition coefficient (Wildman–Crippen LogP) is 6.52. The Labute approximate surface area is 221 Å². The summed E-state index contributed by atoms with van der Waals surface area (Å²) in [5.74, 6) is -3.10. The highest BCUT2D eigenvalue weighted by atomic mass is 19.2. The lowest BCUT2D eigenvalue weighted by molar-refractivity contribution is -0.869. The Balaban J connectivity index is 1.32. The van der Waals surface area contributed by atoms with Crippen LogP contribution in [0.3, 0.4) is 0 Å². The topological polar surface area (TPSA) is 50.4 Å². The molecule has 2 fully saturated rings. The van der Waals surface area contributed by atoms with Gasteiger partial charge in [-0.3, -0.25) is 10.6 Å². The van der Waals surface area contributed by atoms with E-state index in [1.54, 1.807) is 12.1 Å². The largest absolute Gasteiger partial charge is 0.454 e. The van der Waals surface area contributed by atoms with Gasteiger partial charge in [0.1, 0.15) is 12.3 Å². The minimum absolute atomic E-state index is 0.00614. The van der Waals surface area contributed by atoms with E-state index in [0.717, 1.165) is 50.9 Å². The first-order valence-corrected chi connectivity index (χ1v) is 13.2. The first-order valence-electron chi connectivity index (χ1n) is 13.2. The van der Waals surface area contributed by atoms with Crippen molar-refractivity contribution in [3.05, 3.63) is 94.8 Å². The van der Waals surface area contributed by atoms with Gasteiger partial charge in [-0.05, 0) is 67.6 Å². The van der Waals surface area contributed by atoms with Crippen LogP contribution >= 0.6 is 0 Å². The summed E-state index contributed by atoms with van der Waals surface area (Å²) in [5.41, 5.74) is 3.58. The number of halogens is 3. The van der Waals surface area contributed by atoms with Gasteiger partial charge >= 0.3 is 6.03 Å². The van der Waals surface area contributed by atoms with Crippen LogP contribution in [0.5, 0.6) is 11.5 Å². The predicted molar refractivity (Wildman–Crippen MR) is 139 cm³/mol. The molecule has 2 aliphatic rings. The summed E-state index contributed by atoms with van der Waals surface area (Å²) in [6.45, 7) is 4.99. The molecule has 0 spiro atoms. The highest BCUT2D eigenvalue weighted by molar-refractivity contribution is 5.67. The number of benzene rings is 3. The molecule has 0 radical (unpaired) electrons. The van der Waals surface area contributed by atoms with Crippen molar-refractivity contribution >= 4 is 6.03 Å². The second kappa shape index (κ2) is 11.2. The maximum absolute atomic E-state index is 14.0. The molecule has 38 heavy (non-hydrogen) atoms. The molecule has 1 atom stereocenters. The zero-order valence-corrected chi connectivity index (χ0v) is 21.5. The third-order valence-corrected chi connectivity index (χ3v) is 7.84. The summed E-state index contributed by atoms with van der Waals surface area (Å²) in [4.78, 5) is 13.7. The summed E-state index contributed by atoms with van der Waals surface area (Å²) in [6, 6.07) is 16.6. The zero-order valence-electron chi connectivity index (χ0n) is 21.5. The van der Waals surface area contributed by atoms with Crippen LogP contribution in [-0.2, 0) is 6.54 Å². The maximum atomic E-state index is 14.0. The number of carbonyl (C=O) groups excluding carboxylic acids is 1. The molecule has 0 saturated carbocycles. The minimum Gasteiger partial charge on any atom is -0.454 e. The first kappa shape index (κ1) is 26.3. The number of hydrogen-bond acceptors (Lipinski definition) is 3. The molecule has 2 aliphatic heterocycles. The Hall–Kier alpha value is -3.36. The molecule has 0 bridgehead atoms. The summed E-state index contributed by atoms with van der Waals surface area (Å²) >= 11 is 0. The van der Waals surface area contributed by atoms with Gasteiger partial charge in [-0.1, -0.05) is 24.3 Å². The van der Waals surface area contributed by atoms with E-state index in [1.165, 1.54) is 11.1 Å². The number of likely N-dealkylation sites (tertiary alicyclic amines) is 1. The SMILES string of the molecule is Cc1ccccc1C1CC[N+](Cc2ccc(Oc3cc(F)c(F)cc3F)cc2)(C(=O)N[C@H]2CCCN2)CC1. The number of nitrogens with one attached hydrogen (secondary N) is 2. The Kier molecular flexibility index (Phi) is 7.72. The fraction of sp³-hybridized carbons (Fsp3) is 0.367. The first-order chi connectivity index (χ1) is 18.3. The van der Waals surface area contributed by atoms with Crippen molar-refractivity contribution in [1.29, 1.82) is 0 Å². The lowest BCUT2D eigenvalue weighted by Gasteiger charge is -2.42. The molecule has 2 amide bonds. The average molecular weight is 525 g/mol. The fourth-order valence-electron chi connectivity index (χ4n) is 5.67. The van der Waals surface area contributed by atoms with Crippen LogP contribution in [0.4, 0.5) is 18.0 Å². The molecule has 200 valence electrons. The van der Waals surface area contributed by atoms with Crippen LogP contribution in [-0.4, -0.2) is 36.3 Å². The van der Waals surface area contributed by atoms with Gasteiger partial charge in [0.15, 0.2) is 23.2 Å². The van der Waals surface area contributed by atoms with E-state index in [4.69, 9.17) is 4.74 Å². The van der Waals surface area contributed by atoms with Crippen LogP contribution < -0.4 is 15.4 Å². The lowest BCUT2D eigenvalue weighted by atomic mass is 9.85. The molecule has 5 rings (SSSR count). The van der Waals surface area contributed by atoms with Crippen molar-refractivity contribution in [2.24, 2.45) is 0 Å². The van der Waals surface area contributed by atoms with Crippen LogP contribution in [0.1, 0.15) is 48.3 Å². The molecular formula is C30H33F3N3O2+. The van der Waals surface area contributed by atoms with Crippen molar-refractivity contribution in [3.63, 3.8) is 0 Å². The Morgan fingerprint density at radius 3 is 2.37 bits per heavy atom. The van der Waals surface area contributed by atoms with E-state index in [0.29, 0.717) is 34.8 Å². The van der Waals surface area contributed by atoms with E-state index in [2.05, 4.69) is 41.8 Å². The number of quaternary nitrogens is 1. The van der Waals surface area contributed by atoms with Gasteiger partial charge in [-0.25, -0.2) is 22.4 Å². The molecular weight excluding hydrogens is 491 g/mol. The number of nitrogens with zero attached hydrogens (tertiary/aromatic N) is 1. The summed E-state index contributed by atoms with van der Waals surface area (Å²) in [5, 5.41) is 6.58. The minimum atomic E-state index is -1.27. The highest BCUT2D eigenvalue weighted by Crippen LogP contribution is 2.35. The van der Waals surface area contributed by atoms with Crippen molar-refractivity contribution in [1.82, 2.24) is 10.6 Å². The zero-order chi connectivity index (χ0) is 26.7. The highest BCUT2D eigenvalue weighted by Gasteiger charge is 2.42. The Bertz CT molecular complexity index is 1280. The second-order valence-corrected chi connectivity index (χ2v) is 10.4. The summed E-state index contributed by atoms with van der Waals surface area (Å²) in [7, 11) is 0. The molecule has 0 unspecified atom stereocenters. The molecule has 0 aromatic heterocycles. The number of amides is 2. The number of piperidine rings is 1. The quantitative estimate of drug-likeness (QED) is 0.285. The fourth-order valence-corrected chi connectivity index (χ4v) is 5.67. The molecule has 2 heterocycles. The van der Waals surface area contributed by atoms with Crippen molar-refractivity contribution in [3.8, 4) is 11.5 Å². The van der Waals surface area contributed by atoms with Crippen molar-refractivity contribution in [2.45, 2.75) is 51.2 Å². The average Bonchev–Trinajstić information content (AvgIpc) is 3.42. The number of ether oxygens (including phenoxy) is 1. The second-order valence-electron chi connectivity index (χ2n) is 10.4. The van der Waals surface area contributed by atoms with Crippen LogP contribution in [0.15, 0.2) is 60.7 Å². The number of hydrogen-bond donors (Lipinski definition) is 2. The third-order valence-electron chi connectivity index (χ3n) is 7.84. The van der Waals surface area contributed by atoms with Crippen molar-refractivity contribution in [2.75, 3.05) is 19.6 Å². The maximum Gasteiger partial charge on any atom is 0.418 e. The van der Waals surface area contributed by atoms with E-state index < -0.39 is 17.5 Å². The molecule has 2 saturated heterocycles. The van der Waals surface area contributed by atoms with E-state index in [9.17, 15) is 18.0 Å². The van der Waals surface area contributed by atoms with Gasteiger partial charge in [0, 0.05) is 30.5 Å². The molecule has 0 aliphatic carbocycles. The Morgan fingerprint density at radius 2 is 1.68 bits per heavy atom. The number of carbonyl (C=O) groups is 1. The van der Waals surface area contributed by atoms with Gasteiger partial charge in [0.05, 0.1) is 19.3 Å². The van der Waals surface area contributed by atoms with E-state index in [-0.39, 0.29) is 17.9 Å². The van der Waals surface area contributed by atoms with Gasteiger partial charge < -0.3 is 4.74 Å². The van der Waals surface area contributed by atoms with Gasteiger partial charge in [0.2, 0.25) is 0 Å². The number of rotatable bonds is 6. The molecule has 3 aromatic rings. The van der Waals surface area contributed by atoms with Crippen molar-refractivity contribution < 1.29 is 27.2 Å². The molecule has 3 aromatic carbocycles. The van der Waals surface area contributed by atoms with E-state index in [1.807, 2.05) is 12.1 Å². The Morgan fingerprint density at radius 1 is 0.974 bits per heavy atom. The van der Waals surface area contributed by atoms with E-state index >= 15 is 0 Å². The lowest BCUT2D eigenvalue weighted by Crippen LogP contribution is -2.62. The normalized spacial score (nSPS) is 23.3. The third kappa shape index (κ3) is 5.71. The monoisotopic (exact) mass is 524 g/mol. The molecule has 2 N–H and O–H groups in total. The number of aryl methyl sites for hydroxylation is 1. The molecule has 5 nitrogen and oxygen atoms in total. The van der Waals surface area contributed by atoms with Gasteiger partial charge in [-0.15, -0.1) is 0 Å². The van der Waals surface area contributed by atoms with Crippen LogP contribution in [0.25, 0.3) is 0 Å². The van der Waals surface area contributed by atoms with Gasteiger partial charge in [-0.2, -0.15) is 0 Å². The summed E-state index contributed by atoms with van der Waals surface area (Å²) in [6.07, 6.45) is 3.78. The standard InChI is InChI=1S/C30H32F3N3O2/c1-20-5-2-3-6-24(20)22-12-15-36(16-13-22,30(37)35-29-7-4-14-34-29)19-21-8-10-23(11-9-21)38-28-18-26(32)25(31)17-27(28)33/h2-3,5-6,8-11,17-18,22,29,34H,4,7,12-16,19H2,1H3/p+1/t22?,29-,36?/m0/s1. The van der Waals surface area contributed by atoms with Gasteiger partial charge in [0.25, 0.3) is 0 Å². The molecule has 8 heteroatoms. The van der Waals surface area contributed by atoms with Crippen LogP contribution in [0, 0.1) is 24.4 Å².